The third kappa shape index (κ3) is 2.89. The second-order valence-electron chi connectivity index (χ2n) is 4.59. The molecule has 1 aliphatic heterocycles. The molecular formula is C14H20N2O2. The highest BCUT2D eigenvalue weighted by Gasteiger charge is 2.25. The van der Waals surface area contributed by atoms with Crippen LogP contribution in [0.1, 0.15) is 23.7 Å². The molecule has 98 valence electrons. The molecule has 0 aromatic heterocycles. The van der Waals surface area contributed by atoms with E-state index in [9.17, 15) is 4.79 Å². The number of hydrogen-bond donors (Lipinski definition) is 1. The highest BCUT2D eigenvalue weighted by atomic mass is 16.5. The zero-order chi connectivity index (χ0) is 13.0. The molecule has 1 atom stereocenters. The van der Waals surface area contributed by atoms with E-state index < -0.39 is 0 Å². The fourth-order valence-electron chi connectivity index (χ4n) is 2.29. The maximum Gasteiger partial charge on any atom is 0.224 e. The first kappa shape index (κ1) is 13.1. The lowest BCUT2D eigenvalue weighted by atomic mass is 10.0. The smallest absolute Gasteiger partial charge is 0.224 e. The lowest BCUT2D eigenvalue weighted by Gasteiger charge is -2.33. The molecule has 1 saturated heterocycles. The topological polar surface area (TPSA) is 55.6 Å². The van der Waals surface area contributed by atoms with Gasteiger partial charge in [0.2, 0.25) is 5.91 Å². The van der Waals surface area contributed by atoms with Gasteiger partial charge in [-0.2, -0.15) is 0 Å². The van der Waals surface area contributed by atoms with E-state index in [2.05, 4.69) is 19.1 Å². The van der Waals surface area contributed by atoms with Crippen LogP contribution in [0.2, 0.25) is 0 Å². The van der Waals surface area contributed by atoms with Gasteiger partial charge in [0.05, 0.1) is 13.2 Å². The van der Waals surface area contributed by atoms with Crippen LogP contribution in [-0.4, -0.2) is 37.0 Å². The summed E-state index contributed by atoms with van der Waals surface area (Å²) in [6.07, 6.45) is 0.405. The number of amides is 1. The molecule has 0 aliphatic carbocycles. The van der Waals surface area contributed by atoms with Gasteiger partial charge in [-0.1, -0.05) is 24.3 Å². The van der Waals surface area contributed by atoms with Crippen LogP contribution in [0.5, 0.6) is 0 Å². The van der Waals surface area contributed by atoms with Crippen LogP contribution in [0.4, 0.5) is 0 Å². The summed E-state index contributed by atoms with van der Waals surface area (Å²) in [5.74, 6) is 0.124. The fraction of sp³-hybridized carbons (Fsp3) is 0.500. The summed E-state index contributed by atoms with van der Waals surface area (Å²) in [6, 6.07) is 8.15. The third-order valence-electron chi connectivity index (χ3n) is 3.31. The minimum absolute atomic E-state index is 0.0123. The lowest BCUT2D eigenvalue weighted by molar-refractivity contribution is -0.138. The molecule has 18 heavy (non-hydrogen) atoms. The molecule has 0 spiro atoms. The third-order valence-corrected chi connectivity index (χ3v) is 3.31. The molecule has 4 nitrogen and oxygen atoms in total. The average Bonchev–Trinajstić information content (AvgIpc) is 2.40. The van der Waals surface area contributed by atoms with Gasteiger partial charge in [0.15, 0.2) is 0 Å². The van der Waals surface area contributed by atoms with Crippen LogP contribution >= 0.6 is 0 Å². The van der Waals surface area contributed by atoms with Crippen molar-refractivity contribution in [1.82, 2.24) is 4.90 Å². The Labute approximate surface area is 108 Å². The quantitative estimate of drug-likeness (QED) is 0.875. The van der Waals surface area contributed by atoms with E-state index >= 15 is 0 Å². The number of hydrogen-bond acceptors (Lipinski definition) is 3. The number of benzene rings is 1. The van der Waals surface area contributed by atoms with Crippen LogP contribution in [0.15, 0.2) is 24.3 Å². The van der Waals surface area contributed by atoms with Crippen LogP contribution in [0, 0.1) is 6.92 Å². The number of aryl methyl sites for hydroxylation is 1. The van der Waals surface area contributed by atoms with Crippen LogP contribution < -0.4 is 5.73 Å². The Morgan fingerprint density at radius 2 is 2.28 bits per heavy atom. The molecular weight excluding hydrogens is 228 g/mol. The molecule has 1 heterocycles. The molecule has 1 fully saturated rings. The van der Waals surface area contributed by atoms with Crippen molar-refractivity contribution in [3.8, 4) is 0 Å². The van der Waals surface area contributed by atoms with E-state index in [1.807, 2.05) is 17.0 Å². The van der Waals surface area contributed by atoms with Gasteiger partial charge in [-0.3, -0.25) is 4.79 Å². The fourth-order valence-corrected chi connectivity index (χ4v) is 2.29. The Kier molecular flexibility index (Phi) is 4.33. The number of ether oxygens (including phenoxy) is 1. The van der Waals surface area contributed by atoms with Gasteiger partial charge >= 0.3 is 0 Å². The Hall–Kier alpha value is -1.39. The molecule has 1 amide bonds. The summed E-state index contributed by atoms with van der Waals surface area (Å²) in [4.78, 5) is 13.7. The Morgan fingerprint density at radius 1 is 1.50 bits per heavy atom. The van der Waals surface area contributed by atoms with E-state index in [1.165, 1.54) is 11.1 Å². The number of carbonyl (C=O) groups is 1. The zero-order valence-electron chi connectivity index (χ0n) is 10.8. The van der Waals surface area contributed by atoms with Gasteiger partial charge in [0.25, 0.3) is 0 Å². The first-order valence-electron chi connectivity index (χ1n) is 6.37. The Morgan fingerprint density at radius 3 is 3.00 bits per heavy atom. The van der Waals surface area contributed by atoms with Gasteiger partial charge < -0.3 is 15.4 Å². The zero-order valence-corrected chi connectivity index (χ0v) is 10.8. The van der Waals surface area contributed by atoms with E-state index in [4.69, 9.17) is 10.5 Å². The molecule has 0 radical (unpaired) electrons. The average molecular weight is 248 g/mol. The molecule has 0 bridgehead atoms. The SMILES string of the molecule is Cc1ccccc1C1CN(C(=O)CCN)CCO1. The van der Waals surface area contributed by atoms with Gasteiger partial charge in [0, 0.05) is 19.5 Å². The van der Waals surface area contributed by atoms with Crippen LogP contribution in [0.25, 0.3) is 0 Å². The maximum absolute atomic E-state index is 11.9. The predicted molar refractivity (Wildman–Crippen MR) is 70.1 cm³/mol. The van der Waals surface area contributed by atoms with Crippen molar-refractivity contribution in [2.75, 3.05) is 26.2 Å². The van der Waals surface area contributed by atoms with E-state index in [1.54, 1.807) is 0 Å². The van der Waals surface area contributed by atoms with Crippen LogP contribution in [0.3, 0.4) is 0 Å². The minimum Gasteiger partial charge on any atom is -0.370 e. The van der Waals surface area contributed by atoms with Gasteiger partial charge in [-0.25, -0.2) is 0 Å². The van der Waals surface area contributed by atoms with Crippen LogP contribution in [-0.2, 0) is 9.53 Å². The predicted octanol–water partition coefficient (Wildman–Crippen LogP) is 1.24. The highest BCUT2D eigenvalue weighted by molar-refractivity contribution is 5.76. The second-order valence-corrected chi connectivity index (χ2v) is 4.59. The van der Waals surface area contributed by atoms with Gasteiger partial charge in [-0.05, 0) is 18.1 Å². The summed E-state index contributed by atoms with van der Waals surface area (Å²) in [5, 5.41) is 0. The van der Waals surface area contributed by atoms with E-state index in [-0.39, 0.29) is 12.0 Å². The summed E-state index contributed by atoms with van der Waals surface area (Å²) >= 11 is 0. The summed E-state index contributed by atoms with van der Waals surface area (Å²) < 4.78 is 5.78. The second kappa shape index (κ2) is 5.98. The van der Waals surface area contributed by atoms with E-state index in [0.717, 1.165) is 0 Å². The summed E-state index contributed by atoms with van der Waals surface area (Å²) in [6.45, 7) is 4.37. The van der Waals surface area contributed by atoms with Crippen molar-refractivity contribution in [2.45, 2.75) is 19.4 Å². The normalized spacial score (nSPS) is 19.9. The molecule has 2 N–H and O–H groups in total. The van der Waals surface area contributed by atoms with Crippen molar-refractivity contribution in [2.24, 2.45) is 5.73 Å². The van der Waals surface area contributed by atoms with Gasteiger partial charge in [-0.15, -0.1) is 0 Å². The number of carbonyl (C=O) groups excluding carboxylic acids is 1. The first-order valence-corrected chi connectivity index (χ1v) is 6.37. The molecule has 4 heteroatoms. The number of rotatable bonds is 3. The molecule has 1 aromatic carbocycles. The summed E-state index contributed by atoms with van der Waals surface area (Å²) in [5.41, 5.74) is 7.80. The van der Waals surface area contributed by atoms with Gasteiger partial charge in [0.1, 0.15) is 6.10 Å². The minimum atomic E-state index is -0.0123. The first-order chi connectivity index (χ1) is 8.72. The molecule has 1 unspecified atom stereocenters. The largest absolute Gasteiger partial charge is 0.370 e. The van der Waals surface area contributed by atoms with Crippen molar-refractivity contribution in [3.05, 3.63) is 35.4 Å². The Bertz CT molecular complexity index is 420. The van der Waals surface area contributed by atoms with Crippen molar-refractivity contribution in [1.29, 1.82) is 0 Å². The molecule has 1 aromatic rings. The maximum atomic E-state index is 11.9. The van der Waals surface area contributed by atoms with Crippen molar-refractivity contribution < 1.29 is 9.53 Å². The van der Waals surface area contributed by atoms with Crippen molar-refractivity contribution in [3.63, 3.8) is 0 Å². The number of nitrogens with zero attached hydrogens (tertiary/aromatic N) is 1. The number of morpholine rings is 1. The van der Waals surface area contributed by atoms with Crippen molar-refractivity contribution >= 4 is 5.91 Å². The summed E-state index contributed by atoms with van der Waals surface area (Å²) in [7, 11) is 0. The number of nitrogens with two attached hydrogens (primary N) is 1. The standard InChI is InChI=1S/C14H20N2O2/c1-11-4-2-3-5-12(11)13-10-16(8-9-18-13)14(17)6-7-15/h2-5,13H,6-10,15H2,1H3. The Balaban J connectivity index is 2.07. The monoisotopic (exact) mass is 248 g/mol. The highest BCUT2D eigenvalue weighted by Crippen LogP contribution is 2.25. The van der Waals surface area contributed by atoms with E-state index in [0.29, 0.717) is 32.7 Å². The molecule has 0 saturated carbocycles. The lowest BCUT2D eigenvalue weighted by Crippen LogP contribution is -2.42. The molecule has 2 rings (SSSR count). The molecule has 1 aliphatic rings.